The Balaban J connectivity index is 2.21. The highest BCUT2D eigenvalue weighted by molar-refractivity contribution is 6.35. The third-order valence-electron chi connectivity index (χ3n) is 3.70. The number of benzene rings is 1. The smallest absolute Gasteiger partial charge is 0.134 e. The quantitative estimate of drug-likeness (QED) is 0.912. The number of para-hydroxylation sites is 1. The molecule has 4 heteroatoms. The van der Waals surface area contributed by atoms with Crippen LogP contribution in [0.5, 0.6) is 0 Å². The lowest BCUT2D eigenvalue weighted by Crippen LogP contribution is -2.22. The number of nitrogens with zero attached hydrogens (tertiary/aromatic N) is 2. The monoisotopic (exact) mass is 275 g/mol. The van der Waals surface area contributed by atoms with Crippen LogP contribution in [0.1, 0.15) is 31.4 Å². The molecule has 1 aliphatic rings. The molecule has 0 amide bonds. The molecule has 2 heterocycles. The molecule has 2 aromatic rings. The lowest BCUT2D eigenvalue weighted by molar-refractivity contribution is 0.798. The molecule has 0 saturated carbocycles. The summed E-state index contributed by atoms with van der Waals surface area (Å²) in [6.07, 6.45) is 2.45. The first-order valence-electron chi connectivity index (χ1n) is 6.76. The molecule has 1 aromatic carbocycles. The molecule has 1 saturated heterocycles. The predicted octanol–water partition coefficient (Wildman–Crippen LogP) is 3.51. The van der Waals surface area contributed by atoms with Gasteiger partial charge in [0, 0.05) is 30.1 Å². The Morgan fingerprint density at radius 1 is 1.32 bits per heavy atom. The Kier molecular flexibility index (Phi) is 3.33. The summed E-state index contributed by atoms with van der Waals surface area (Å²) in [7, 11) is 0. The molecule has 3 nitrogen and oxygen atoms in total. The molecule has 0 bridgehead atoms. The third kappa shape index (κ3) is 2.28. The molecule has 1 aliphatic heterocycles. The van der Waals surface area contributed by atoms with Crippen molar-refractivity contribution in [2.45, 2.75) is 25.8 Å². The maximum atomic E-state index is 6.26. The Morgan fingerprint density at radius 2 is 2.05 bits per heavy atom. The largest absolute Gasteiger partial charge is 0.356 e. The number of aromatic nitrogens is 1. The molecule has 0 aliphatic carbocycles. The highest BCUT2D eigenvalue weighted by atomic mass is 35.5. The first-order chi connectivity index (χ1) is 9.16. The summed E-state index contributed by atoms with van der Waals surface area (Å²) in [5.41, 5.74) is 8.09. The second-order valence-corrected chi connectivity index (χ2v) is 5.60. The van der Waals surface area contributed by atoms with E-state index >= 15 is 0 Å². The molecule has 1 aromatic heterocycles. The van der Waals surface area contributed by atoms with Crippen molar-refractivity contribution >= 4 is 28.3 Å². The Hall–Kier alpha value is -1.32. The van der Waals surface area contributed by atoms with Crippen molar-refractivity contribution in [3.05, 3.63) is 34.9 Å². The molecule has 1 atom stereocenters. The fraction of sp³-hybridized carbons (Fsp3) is 0.400. The van der Waals surface area contributed by atoms with E-state index in [4.69, 9.17) is 22.3 Å². The van der Waals surface area contributed by atoms with E-state index in [9.17, 15) is 0 Å². The van der Waals surface area contributed by atoms with Gasteiger partial charge in [0.25, 0.3) is 0 Å². The summed E-state index contributed by atoms with van der Waals surface area (Å²) in [5.74, 6) is 1.01. The van der Waals surface area contributed by atoms with E-state index in [0.29, 0.717) is 5.02 Å². The number of fused-ring (bicyclic) bond motifs is 1. The number of nitrogens with two attached hydrogens (primary N) is 1. The average Bonchev–Trinajstić information content (AvgIpc) is 2.91. The maximum Gasteiger partial charge on any atom is 0.134 e. The van der Waals surface area contributed by atoms with Crippen molar-refractivity contribution in [3.63, 3.8) is 0 Å². The van der Waals surface area contributed by atoms with Gasteiger partial charge in [-0.1, -0.05) is 23.7 Å². The summed E-state index contributed by atoms with van der Waals surface area (Å²) >= 11 is 6.26. The molecule has 3 rings (SSSR count). The predicted molar refractivity (Wildman–Crippen MR) is 80.8 cm³/mol. The number of halogens is 1. The van der Waals surface area contributed by atoms with Gasteiger partial charge in [-0.15, -0.1) is 0 Å². The zero-order chi connectivity index (χ0) is 13.4. The number of rotatable bonds is 2. The van der Waals surface area contributed by atoms with E-state index in [1.54, 1.807) is 0 Å². The molecule has 0 radical (unpaired) electrons. The van der Waals surface area contributed by atoms with Crippen LogP contribution >= 0.6 is 11.6 Å². The van der Waals surface area contributed by atoms with Crippen LogP contribution in [0.15, 0.2) is 24.3 Å². The van der Waals surface area contributed by atoms with Crippen molar-refractivity contribution in [3.8, 4) is 0 Å². The first-order valence-corrected chi connectivity index (χ1v) is 7.14. The van der Waals surface area contributed by atoms with E-state index in [1.165, 1.54) is 12.8 Å². The van der Waals surface area contributed by atoms with Gasteiger partial charge in [0.2, 0.25) is 0 Å². The van der Waals surface area contributed by atoms with Crippen molar-refractivity contribution in [2.75, 3.05) is 18.0 Å². The van der Waals surface area contributed by atoms with Crippen molar-refractivity contribution in [2.24, 2.45) is 5.73 Å². The molecule has 0 spiro atoms. The SMILES string of the molecule is CC(N)c1cc2cccc(Cl)c2nc1N1CCCC1. The topological polar surface area (TPSA) is 42.1 Å². The minimum Gasteiger partial charge on any atom is -0.356 e. The van der Waals surface area contributed by atoms with E-state index < -0.39 is 0 Å². The highest BCUT2D eigenvalue weighted by Crippen LogP contribution is 2.32. The third-order valence-corrected chi connectivity index (χ3v) is 4.01. The van der Waals surface area contributed by atoms with Gasteiger partial charge in [-0.3, -0.25) is 0 Å². The fourth-order valence-electron chi connectivity index (χ4n) is 2.69. The van der Waals surface area contributed by atoms with Crippen LogP contribution in [-0.2, 0) is 0 Å². The molecular weight excluding hydrogens is 258 g/mol. The van der Waals surface area contributed by atoms with Gasteiger partial charge in [-0.25, -0.2) is 4.98 Å². The lowest BCUT2D eigenvalue weighted by Gasteiger charge is -2.22. The maximum absolute atomic E-state index is 6.26. The van der Waals surface area contributed by atoms with Crippen LogP contribution in [0.3, 0.4) is 0 Å². The minimum absolute atomic E-state index is 0.0218. The van der Waals surface area contributed by atoms with Gasteiger partial charge >= 0.3 is 0 Å². The second-order valence-electron chi connectivity index (χ2n) is 5.20. The van der Waals surface area contributed by atoms with Gasteiger partial charge in [0.15, 0.2) is 0 Å². The Bertz CT molecular complexity index is 604. The fourth-order valence-corrected chi connectivity index (χ4v) is 2.91. The molecule has 1 fully saturated rings. The first kappa shape index (κ1) is 12.7. The van der Waals surface area contributed by atoms with Crippen LogP contribution in [0.2, 0.25) is 5.02 Å². The van der Waals surface area contributed by atoms with Crippen molar-refractivity contribution in [1.82, 2.24) is 4.98 Å². The number of pyridine rings is 1. The van der Waals surface area contributed by atoms with E-state index in [2.05, 4.69) is 11.0 Å². The number of hydrogen-bond acceptors (Lipinski definition) is 3. The molecular formula is C15H18ClN3. The summed E-state index contributed by atoms with van der Waals surface area (Å²) in [4.78, 5) is 7.11. The standard InChI is InChI=1S/C15H18ClN3/c1-10(17)12-9-11-5-4-6-13(16)14(11)18-15(12)19-7-2-3-8-19/h4-6,9-10H,2-3,7-8,17H2,1H3. The summed E-state index contributed by atoms with van der Waals surface area (Å²) in [6, 6.07) is 7.98. The van der Waals surface area contributed by atoms with Gasteiger partial charge in [-0.2, -0.15) is 0 Å². The Morgan fingerprint density at radius 3 is 2.74 bits per heavy atom. The Labute approximate surface area is 118 Å². The van der Waals surface area contributed by atoms with E-state index in [-0.39, 0.29) is 6.04 Å². The number of anilines is 1. The van der Waals surface area contributed by atoms with Crippen molar-refractivity contribution < 1.29 is 0 Å². The molecule has 2 N–H and O–H groups in total. The summed E-state index contributed by atoms with van der Waals surface area (Å²) in [6.45, 7) is 4.12. The zero-order valence-electron chi connectivity index (χ0n) is 11.1. The van der Waals surface area contributed by atoms with E-state index in [1.807, 2.05) is 25.1 Å². The summed E-state index contributed by atoms with van der Waals surface area (Å²) < 4.78 is 0. The van der Waals surface area contributed by atoms with Crippen LogP contribution in [0.4, 0.5) is 5.82 Å². The second kappa shape index (κ2) is 4.99. The van der Waals surface area contributed by atoms with Gasteiger partial charge in [0.1, 0.15) is 5.82 Å². The summed E-state index contributed by atoms with van der Waals surface area (Å²) in [5, 5.41) is 1.76. The normalized spacial score (nSPS) is 17.1. The van der Waals surface area contributed by atoms with Crippen LogP contribution in [-0.4, -0.2) is 18.1 Å². The average molecular weight is 276 g/mol. The van der Waals surface area contributed by atoms with Crippen molar-refractivity contribution in [1.29, 1.82) is 0 Å². The van der Waals surface area contributed by atoms with E-state index in [0.717, 1.165) is 35.4 Å². The molecule has 1 unspecified atom stereocenters. The zero-order valence-corrected chi connectivity index (χ0v) is 11.8. The highest BCUT2D eigenvalue weighted by Gasteiger charge is 2.20. The minimum atomic E-state index is -0.0218. The van der Waals surface area contributed by atoms with Gasteiger partial charge in [0.05, 0.1) is 10.5 Å². The van der Waals surface area contributed by atoms with Gasteiger partial charge < -0.3 is 10.6 Å². The molecule has 100 valence electrons. The van der Waals surface area contributed by atoms with Gasteiger partial charge in [-0.05, 0) is 31.9 Å². The number of hydrogen-bond donors (Lipinski definition) is 1. The lowest BCUT2D eigenvalue weighted by atomic mass is 10.1. The van der Waals surface area contributed by atoms with Crippen LogP contribution in [0.25, 0.3) is 10.9 Å². The van der Waals surface area contributed by atoms with Crippen LogP contribution in [0, 0.1) is 0 Å². The van der Waals surface area contributed by atoms with Crippen LogP contribution < -0.4 is 10.6 Å². The molecule has 19 heavy (non-hydrogen) atoms.